The van der Waals surface area contributed by atoms with Crippen molar-refractivity contribution >= 4 is 25.6 Å². The lowest BCUT2D eigenvalue weighted by Crippen LogP contribution is -2.34. The first-order valence-corrected chi connectivity index (χ1v) is 8.51. The number of halogens is 1. The average molecular weight is 306 g/mol. The van der Waals surface area contributed by atoms with Gasteiger partial charge in [0.25, 0.3) is 15.0 Å². The van der Waals surface area contributed by atoms with Gasteiger partial charge in [-0.3, -0.25) is 4.79 Å². The third kappa shape index (κ3) is 2.79. The summed E-state index contributed by atoms with van der Waals surface area (Å²) in [6.45, 7) is 4.19. The zero-order chi connectivity index (χ0) is 14.2. The Kier molecular flexibility index (Phi) is 3.92. The molecule has 1 saturated heterocycles. The maximum absolute atomic E-state index is 12.3. The van der Waals surface area contributed by atoms with E-state index in [-0.39, 0.29) is 28.4 Å². The molecule has 1 aliphatic rings. The number of furan rings is 1. The lowest BCUT2D eigenvalue weighted by molar-refractivity contribution is 0.0700. The van der Waals surface area contributed by atoms with Gasteiger partial charge in [0.2, 0.25) is 0 Å². The second-order valence-electron chi connectivity index (χ2n) is 4.67. The predicted octanol–water partition coefficient (Wildman–Crippen LogP) is 2.53. The van der Waals surface area contributed by atoms with Gasteiger partial charge in [0, 0.05) is 29.3 Å². The normalized spacial score (nSPS) is 19.9. The van der Waals surface area contributed by atoms with Gasteiger partial charge in [0.1, 0.15) is 10.7 Å². The zero-order valence-corrected chi connectivity index (χ0v) is 12.4. The molecule has 1 amide bonds. The van der Waals surface area contributed by atoms with Crippen molar-refractivity contribution in [1.29, 1.82) is 0 Å². The van der Waals surface area contributed by atoms with Gasteiger partial charge in [0.15, 0.2) is 5.76 Å². The van der Waals surface area contributed by atoms with Crippen LogP contribution in [0.1, 0.15) is 42.5 Å². The van der Waals surface area contributed by atoms with E-state index in [1.807, 2.05) is 6.92 Å². The van der Waals surface area contributed by atoms with E-state index in [0.29, 0.717) is 6.54 Å². The average Bonchev–Trinajstić information content (AvgIpc) is 2.92. The first-order valence-electron chi connectivity index (χ1n) is 6.20. The molecule has 0 aromatic carbocycles. The fraction of sp³-hybridized carbons (Fsp3) is 0.583. The van der Waals surface area contributed by atoms with Crippen molar-refractivity contribution in [2.75, 3.05) is 6.54 Å². The number of likely N-dealkylation sites (tertiary alicyclic amines) is 1. The van der Waals surface area contributed by atoms with Crippen LogP contribution in [-0.4, -0.2) is 31.8 Å². The molecule has 5 nitrogen and oxygen atoms in total. The van der Waals surface area contributed by atoms with Crippen molar-refractivity contribution in [3.05, 3.63) is 17.6 Å². The molecule has 0 saturated carbocycles. The molecule has 7 heteroatoms. The van der Waals surface area contributed by atoms with Crippen LogP contribution in [0.5, 0.6) is 0 Å². The number of aryl methyl sites for hydroxylation is 1. The fourth-order valence-corrected chi connectivity index (χ4v) is 3.57. The van der Waals surface area contributed by atoms with Crippen LogP contribution in [-0.2, 0) is 9.05 Å². The van der Waals surface area contributed by atoms with E-state index in [4.69, 9.17) is 15.1 Å². The molecule has 2 rings (SSSR count). The molecule has 0 N–H and O–H groups in total. The second-order valence-corrected chi connectivity index (χ2v) is 7.21. The molecule has 2 heterocycles. The van der Waals surface area contributed by atoms with E-state index < -0.39 is 9.05 Å². The molecule has 1 unspecified atom stereocenters. The smallest absolute Gasteiger partial charge is 0.289 e. The third-order valence-corrected chi connectivity index (χ3v) is 4.88. The number of carbonyl (C=O) groups is 1. The minimum atomic E-state index is -3.88. The molecule has 1 aromatic heterocycles. The van der Waals surface area contributed by atoms with Gasteiger partial charge in [0.05, 0.1) is 0 Å². The van der Waals surface area contributed by atoms with E-state index in [1.54, 1.807) is 4.90 Å². The molecule has 0 radical (unpaired) electrons. The molecule has 1 atom stereocenters. The molecule has 1 aromatic rings. The monoisotopic (exact) mass is 305 g/mol. The van der Waals surface area contributed by atoms with Gasteiger partial charge in [-0.05, 0) is 26.2 Å². The van der Waals surface area contributed by atoms with Crippen molar-refractivity contribution in [3.8, 4) is 0 Å². The van der Waals surface area contributed by atoms with Crippen LogP contribution >= 0.6 is 10.7 Å². The molecular weight excluding hydrogens is 290 g/mol. The number of amides is 1. The summed E-state index contributed by atoms with van der Waals surface area (Å²) in [5, 5.41) is 0. The van der Waals surface area contributed by atoms with Crippen molar-refractivity contribution in [2.24, 2.45) is 0 Å². The fourth-order valence-electron chi connectivity index (χ4n) is 2.48. The Morgan fingerprint density at radius 1 is 1.58 bits per heavy atom. The molecule has 1 aliphatic heterocycles. The Morgan fingerprint density at radius 3 is 2.79 bits per heavy atom. The lowest BCUT2D eigenvalue weighted by atomic mass is 10.1. The van der Waals surface area contributed by atoms with E-state index in [2.05, 4.69) is 0 Å². The molecular formula is C12H16ClNO4S. The number of carbonyl (C=O) groups excluding carboxylic acids is 1. The van der Waals surface area contributed by atoms with Crippen LogP contribution in [0.2, 0.25) is 0 Å². The molecule has 106 valence electrons. The number of hydrogen-bond acceptors (Lipinski definition) is 4. The Balaban J connectivity index is 2.30. The quantitative estimate of drug-likeness (QED) is 0.805. The van der Waals surface area contributed by atoms with Crippen molar-refractivity contribution in [2.45, 2.75) is 44.0 Å². The summed E-state index contributed by atoms with van der Waals surface area (Å²) >= 11 is 0. The van der Waals surface area contributed by atoms with Gasteiger partial charge in [-0.25, -0.2) is 8.42 Å². The van der Waals surface area contributed by atoms with E-state index >= 15 is 0 Å². The summed E-state index contributed by atoms with van der Waals surface area (Å²) < 4.78 is 27.9. The summed E-state index contributed by atoms with van der Waals surface area (Å²) in [4.78, 5) is 13.9. The van der Waals surface area contributed by atoms with Crippen LogP contribution in [0.25, 0.3) is 0 Å². The lowest BCUT2D eigenvalue weighted by Gasteiger charge is -2.22. The first kappa shape index (κ1) is 14.4. The van der Waals surface area contributed by atoms with E-state index in [0.717, 1.165) is 19.3 Å². The summed E-state index contributed by atoms with van der Waals surface area (Å²) in [5.41, 5.74) is 0. The zero-order valence-electron chi connectivity index (χ0n) is 10.8. The molecule has 0 aliphatic carbocycles. The standard InChI is InChI=1S/C12H16ClNO4S/c1-3-9-5-4-6-14(9)12(15)10-7-11(8(2)18-10)19(13,16)17/h7,9H,3-6H2,1-2H3. The highest BCUT2D eigenvalue weighted by molar-refractivity contribution is 8.13. The van der Waals surface area contributed by atoms with Crippen molar-refractivity contribution < 1.29 is 17.6 Å². The first-order chi connectivity index (χ1) is 8.84. The van der Waals surface area contributed by atoms with Crippen LogP contribution in [0.3, 0.4) is 0 Å². The maximum Gasteiger partial charge on any atom is 0.289 e. The van der Waals surface area contributed by atoms with E-state index in [9.17, 15) is 13.2 Å². The number of hydrogen-bond donors (Lipinski definition) is 0. The van der Waals surface area contributed by atoms with Gasteiger partial charge in [-0.15, -0.1) is 0 Å². The SMILES string of the molecule is CCC1CCCN1C(=O)c1cc(S(=O)(=O)Cl)c(C)o1. The summed E-state index contributed by atoms with van der Waals surface area (Å²) in [5.74, 6) is -0.0818. The summed E-state index contributed by atoms with van der Waals surface area (Å²) in [6, 6.07) is 1.42. The van der Waals surface area contributed by atoms with Crippen LogP contribution in [0, 0.1) is 6.92 Å². The summed E-state index contributed by atoms with van der Waals surface area (Å²) in [7, 11) is 1.40. The number of nitrogens with zero attached hydrogens (tertiary/aromatic N) is 1. The van der Waals surface area contributed by atoms with Crippen LogP contribution in [0.15, 0.2) is 15.4 Å². The molecule has 0 bridgehead atoms. The predicted molar refractivity (Wildman–Crippen MR) is 70.8 cm³/mol. The van der Waals surface area contributed by atoms with Crippen LogP contribution in [0.4, 0.5) is 0 Å². The Hall–Kier alpha value is -1.01. The maximum atomic E-state index is 12.3. The van der Waals surface area contributed by atoms with E-state index in [1.165, 1.54) is 13.0 Å². The van der Waals surface area contributed by atoms with Gasteiger partial charge >= 0.3 is 0 Å². The third-order valence-electron chi connectivity index (χ3n) is 3.45. The van der Waals surface area contributed by atoms with Crippen molar-refractivity contribution in [1.82, 2.24) is 4.90 Å². The largest absolute Gasteiger partial charge is 0.455 e. The van der Waals surface area contributed by atoms with Gasteiger partial charge < -0.3 is 9.32 Å². The molecule has 19 heavy (non-hydrogen) atoms. The minimum Gasteiger partial charge on any atom is -0.455 e. The second kappa shape index (κ2) is 5.17. The highest BCUT2D eigenvalue weighted by atomic mass is 35.7. The number of rotatable bonds is 3. The highest BCUT2D eigenvalue weighted by Gasteiger charge is 2.31. The van der Waals surface area contributed by atoms with Gasteiger partial charge in [-0.2, -0.15) is 0 Å². The Morgan fingerprint density at radius 2 is 2.26 bits per heavy atom. The Bertz CT molecular complexity index is 593. The van der Waals surface area contributed by atoms with Crippen molar-refractivity contribution in [3.63, 3.8) is 0 Å². The topological polar surface area (TPSA) is 67.6 Å². The molecule has 0 spiro atoms. The minimum absolute atomic E-state index is 0.0390. The summed E-state index contributed by atoms with van der Waals surface area (Å²) in [6.07, 6.45) is 2.82. The highest BCUT2D eigenvalue weighted by Crippen LogP contribution is 2.27. The molecule has 1 fully saturated rings. The van der Waals surface area contributed by atoms with Gasteiger partial charge in [-0.1, -0.05) is 6.92 Å². The van der Waals surface area contributed by atoms with Crippen LogP contribution < -0.4 is 0 Å². The Labute approximate surface area is 116 Å².